The first kappa shape index (κ1) is 20.1. The molecule has 0 aliphatic heterocycles. The van der Waals surface area contributed by atoms with Gasteiger partial charge in [-0.3, -0.25) is 4.79 Å². The predicted molar refractivity (Wildman–Crippen MR) is 110 cm³/mol. The Morgan fingerprint density at radius 1 is 1.30 bits per heavy atom. The van der Waals surface area contributed by atoms with Crippen LogP contribution in [-0.4, -0.2) is 36.5 Å². The number of nitrogens with zero attached hydrogens (tertiary/aromatic N) is 1. The lowest BCUT2D eigenvalue weighted by Gasteiger charge is -2.18. The van der Waals surface area contributed by atoms with Crippen molar-refractivity contribution in [1.29, 1.82) is 0 Å². The van der Waals surface area contributed by atoms with Gasteiger partial charge >= 0.3 is 11.9 Å². The molecule has 2 heterocycles. The number of hydrogen-bond donors (Lipinski definition) is 1. The average molecular weight is 428 g/mol. The van der Waals surface area contributed by atoms with Crippen LogP contribution in [0, 0.1) is 5.92 Å². The molecule has 1 aliphatic rings. The minimum absolute atomic E-state index is 0.264. The van der Waals surface area contributed by atoms with E-state index in [1.165, 1.54) is 37.0 Å². The maximum atomic E-state index is 12.4. The van der Waals surface area contributed by atoms with Gasteiger partial charge in [0.2, 0.25) is 0 Å². The van der Waals surface area contributed by atoms with Crippen molar-refractivity contribution in [2.45, 2.75) is 26.2 Å². The summed E-state index contributed by atoms with van der Waals surface area (Å²) in [5, 5.41) is 3.14. The minimum Gasteiger partial charge on any atom is -0.465 e. The molecule has 0 bridgehead atoms. The Hall–Kier alpha value is -3.20. The quantitative estimate of drug-likeness (QED) is 0.619. The number of rotatable bonds is 5. The molecule has 0 saturated heterocycles. The molecule has 2 aromatic heterocycles. The van der Waals surface area contributed by atoms with E-state index in [1.54, 1.807) is 6.07 Å². The molecule has 1 N–H and O–H groups in total. The topological polar surface area (TPSA) is 108 Å². The zero-order chi connectivity index (χ0) is 21.3. The highest BCUT2D eigenvalue weighted by atomic mass is 32.1. The van der Waals surface area contributed by atoms with Crippen LogP contribution in [0.2, 0.25) is 0 Å². The van der Waals surface area contributed by atoms with Gasteiger partial charge in [-0.15, -0.1) is 11.3 Å². The van der Waals surface area contributed by atoms with Crippen LogP contribution < -0.4 is 5.32 Å². The van der Waals surface area contributed by atoms with Gasteiger partial charge in [-0.05, 0) is 48.9 Å². The van der Waals surface area contributed by atoms with E-state index in [1.807, 2.05) is 0 Å². The molecule has 1 unspecified atom stereocenters. The third-order valence-electron chi connectivity index (χ3n) is 5.05. The minimum atomic E-state index is -0.650. The fourth-order valence-electron chi connectivity index (χ4n) is 3.52. The van der Waals surface area contributed by atoms with Gasteiger partial charge in [0.25, 0.3) is 5.91 Å². The highest BCUT2D eigenvalue weighted by molar-refractivity contribution is 7.17. The third-order valence-corrected chi connectivity index (χ3v) is 6.22. The van der Waals surface area contributed by atoms with Gasteiger partial charge in [-0.1, -0.05) is 6.92 Å². The molecule has 0 radical (unpaired) electrons. The van der Waals surface area contributed by atoms with E-state index in [9.17, 15) is 14.4 Å². The summed E-state index contributed by atoms with van der Waals surface area (Å²) in [6.45, 7) is 1.68. The number of oxazole rings is 1. The number of carbonyl (C=O) groups is 3. The number of methoxy groups -OCH3 is 1. The van der Waals surface area contributed by atoms with E-state index in [-0.39, 0.29) is 5.56 Å². The lowest BCUT2D eigenvalue weighted by Crippen LogP contribution is -2.22. The fourth-order valence-corrected chi connectivity index (χ4v) is 4.93. The van der Waals surface area contributed by atoms with E-state index in [4.69, 9.17) is 13.9 Å². The third kappa shape index (κ3) is 3.93. The van der Waals surface area contributed by atoms with Crippen LogP contribution in [0.4, 0.5) is 5.00 Å². The largest absolute Gasteiger partial charge is 0.465 e. The van der Waals surface area contributed by atoms with E-state index in [2.05, 4.69) is 17.2 Å². The maximum Gasteiger partial charge on any atom is 0.341 e. The first-order valence-electron chi connectivity index (χ1n) is 9.49. The Bertz CT molecular complexity index is 1130. The van der Waals surface area contributed by atoms with Crippen molar-refractivity contribution in [3.05, 3.63) is 46.2 Å². The zero-order valence-electron chi connectivity index (χ0n) is 16.5. The first-order chi connectivity index (χ1) is 14.5. The molecule has 3 aromatic rings. The number of amides is 1. The summed E-state index contributed by atoms with van der Waals surface area (Å²) < 4.78 is 15.2. The van der Waals surface area contributed by atoms with Gasteiger partial charge in [-0.2, -0.15) is 0 Å². The molecule has 156 valence electrons. The second kappa shape index (κ2) is 8.27. The van der Waals surface area contributed by atoms with Gasteiger partial charge in [0.1, 0.15) is 10.5 Å². The van der Waals surface area contributed by atoms with E-state index in [0.717, 1.165) is 29.7 Å². The smallest absolute Gasteiger partial charge is 0.341 e. The first-order valence-corrected chi connectivity index (χ1v) is 10.3. The molecule has 0 saturated carbocycles. The van der Waals surface area contributed by atoms with Crippen LogP contribution in [0.15, 0.2) is 29.0 Å². The van der Waals surface area contributed by atoms with Crippen LogP contribution in [0.25, 0.3) is 11.1 Å². The highest BCUT2D eigenvalue weighted by Gasteiger charge is 2.29. The summed E-state index contributed by atoms with van der Waals surface area (Å²) in [5.74, 6) is -1.13. The lowest BCUT2D eigenvalue weighted by molar-refractivity contribution is -0.119. The van der Waals surface area contributed by atoms with Gasteiger partial charge in [0, 0.05) is 4.88 Å². The van der Waals surface area contributed by atoms with Gasteiger partial charge in [0.15, 0.2) is 18.6 Å². The zero-order valence-corrected chi connectivity index (χ0v) is 17.3. The number of anilines is 1. The molecule has 4 rings (SSSR count). The van der Waals surface area contributed by atoms with Crippen LogP contribution in [-0.2, 0) is 27.1 Å². The monoisotopic (exact) mass is 428 g/mol. The number of hydrogen-bond acceptors (Lipinski definition) is 8. The van der Waals surface area contributed by atoms with E-state index in [0.29, 0.717) is 27.6 Å². The summed E-state index contributed by atoms with van der Waals surface area (Å²) in [5.41, 5.74) is 2.68. The number of fused-ring (bicyclic) bond motifs is 2. The summed E-state index contributed by atoms with van der Waals surface area (Å²) in [7, 11) is 1.32. The number of benzene rings is 1. The molecule has 1 aliphatic carbocycles. The van der Waals surface area contributed by atoms with Crippen molar-refractivity contribution in [2.24, 2.45) is 5.92 Å². The molecule has 0 fully saturated rings. The van der Waals surface area contributed by atoms with Crippen molar-refractivity contribution in [3.63, 3.8) is 0 Å². The van der Waals surface area contributed by atoms with Crippen LogP contribution in [0.5, 0.6) is 0 Å². The number of esters is 2. The van der Waals surface area contributed by atoms with E-state index >= 15 is 0 Å². The van der Waals surface area contributed by atoms with Crippen molar-refractivity contribution >= 4 is 45.3 Å². The van der Waals surface area contributed by atoms with Gasteiger partial charge < -0.3 is 19.2 Å². The summed E-state index contributed by atoms with van der Waals surface area (Å²) in [4.78, 5) is 42.0. The Kier molecular flexibility index (Phi) is 5.54. The Morgan fingerprint density at radius 2 is 2.13 bits per heavy atom. The molecule has 8 nitrogen and oxygen atoms in total. The highest BCUT2D eigenvalue weighted by Crippen LogP contribution is 2.40. The Labute approximate surface area is 176 Å². The van der Waals surface area contributed by atoms with Crippen LogP contribution in [0.3, 0.4) is 0 Å². The van der Waals surface area contributed by atoms with Crippen LogP contribution >= 0.6 is 11.3 Å². The van der Waals surface area contributed by atoms with Crippen LogP contribution in [0.1, 0.15) is 44.5 Å². The molecule has 1 amide bonds. The van der Waals surface area contributed by atoms with Crippen molar-refractivity contribution < 1.29 is 28.3 Å². The maximum absolute atomic E-state index is 12.4. The SMILES string of the molecule is COC(=O)c1c(NC(=O)COC(=O)c2ccc3ocnc3c2)sc2c1CCC(C)C2. The predicted octanol–water partition coefficient (Wildman–Crippen LogP) is 3.60. The number of thiophene rings is 1. The molecule has 0 spiro atoms. The second-order valence-electron chi connectivity index (χ2n) is 7.21. The van der Waals surface area contributed by atoms with Crippen molar-refractivity contribution in [1.82, 2.24) is 4.98 Å². The standard InChI is InChI=1S/C21H20N2O6S/c1-11-3-5-13-16(7-11)30-19(18(13)21(26)27-2)23-17(24)9-28-20(25)12-4-6-15-14(8-12)22-10-29-15/h4,6,8,10-11H,3,5,7,9H2,1-2H3,(H,23,24). The fraction of sp³-hybridized carbons (Fsp3) is 0.333. The molecular formula is C21H20N2O6S. The molecule has 1 atom stereocenters. The lowest BCUT2D eigenvalue weighted by atomic mass is 9.88. The number of nitrogens with one attached hydrogen (secondary N) is 1. The van der Waals surface area contributed by atoms with Crippen molar-refractivity contribution in [2.75, 3.05) is 19.0 Å². The van der Waals surface area contributed by atoms with Gasteiger partial charge in [-0.25, -0.2) is 14.6 Å². The van der Waals surface area contributed by atoms with E-state index < -0.39 is 24.5 Å². The van der Waals surface area contributed by atoms with Crippen molar-refractivity contribution in [3.8, 4) is 0 Å². The molecule has 9 heteroatoms. The Morgan fingerprint density at radius 3 is 2.93 bits per heavy atom. The average Bonchev–Trinajstić information content (AvgIpc) is 3.34. The molecule has 1 aromatic carbocycles. The normalized spacial score (nSPS) is 15.5. The summed E-state index contributed by atoms with van der Waals surface area (Å²) >= 11 is 1.38. The molecular weight excluding hydrogens is 408 g/mol. The second-order valence-corrected chi connectivity index (χ2v) is 8.31. The number of carbonyl (C=O) groups excluding carboxylic acids is 3. The number of ether oxygens (including phenoxy) is 2. The Balaban J connectivity index is 1.44. The van der Waals surface area contributed by atoms with Gasteiger partial charge in [0.05, 0.1) is 18.2 Å². The molecule has 30 heavy (non-hydrogen) atoms. The summed E-state index contributed by atoms with van der Waals surface area (Å²) in [6, 6.07) is 4.68. The number of aromatic nitrogens is 1. The summed E-state index contributed by atoms with van der Waals surface area (Å²) in [6.07, 6.45) is 3.90.